The van der Waals surface area contributed by atoms with Gasteiger partial charge < -0.3 is 4.74 Å². The highest BCUT2D eigenvalue weighted by molar-refractivity contribution is 5.97. The molecule has 0 aromatic carbocycles. The number of ketones is 1. The number of ether oxygens (including phenoxy) is 1. The lowest BCUT2D eigenvalue weighted by atomic mass is 9.38. The van der Waals surface area contributed by atoms with Crippen LogP contribution < -0.4 is 0 Å². The van der Waals surface area contributed by atoms with E-state index in [1.165, 1.54) is 18.4 Å². The van der Waals surface area contributed by atoms with Gasteiger partial charge in [0, 0.05) is 17.8 Å². The fourth-order valence-electron chi connectivity index (χ4n) is 10.4. The summed E-state index contributed by atoms with van der Waals surface area (Å²) in [6, 6.07) is 0. The summed E-state index contributed by atoms with van der Waals surface area (Å²) in [5.41, 5.74) is 1.40. The first kappa shape index (κ1) is 29.9. The van der Waals surface area contributed by atoms with Crippen LogP contribution in [0.3, 0.4) is 0 Å². The van der Waals surface area contributed by atoms with Gasteiger partial charge in [0.15, 0.2) is 5.78 Å². The zero-order valence-electron chi connectivity index (χ0n) is 26.8. The maximum Gasteiger partial charge on any atom is 0.302 e. The maximum absolute atomic E-state index is 14.1. The summed E-state index contributed by atoms with van der Waals surface area (Å²) < 4.78 is 6.12. The quantitative estimate of drug-likeness (QED) is 0.335. The van der Waals surface area contributed by atoms with E-state index in [1.807, 2.05) is 0 Å². The summed E-state index contributed by atoms with van der Waals surface area (Å²) in [4.78, 5) is 26.3. The minimum atomic E-state index is -0.248. The number of hydrogen-bond acceptors (Lipinski definition) is 3. The SMILES string of the molecule is CC(=O)O[C@H](CCC(C)(C)C)C(C)(C)[C@H]1CC[C@@]2(C)C3=CC(=O)[C@]4(C)C[C@@H](C)[C@@H](C)C[C@]4(C)C3CC[C@]12C. The molecule has 0 spiro atoms. The van der Waals surface area contributed by atoms with Crippen LogP contribution in [0.5, 0.6) is 0 Å². The molecule has 3 saturated carbocycles. The van der Waals surface area contributed by atoms with Crippen molar-refractivity contribution in [1.29, 1.82) is 0 Å². The number of carbonyl (C=O) groups is 2. The fourth-order valence-corrected chi connectivity index (χ4v) is 10.4. The molecule has 4 rings (SSSR count). The average Bonchev–Trinajstić information content (AvgIpc) is 3.06. The van der Waals surface area contributed by atoms with E-state index in [9.17, 15) is 9.59 Å². The Labute approximate surface area is 234 Å². The van der Waals surface area contributed by atoms with Crippen molar-refractivity contribution >= 4 is 11.8 Å². The summed E-state index contributed by atoms with van der Waals surface area (Å²) in [7, 11) is 0. The van der Waals surface area contributed by atoms with E-state index in [2.05, 4.69) is 82.2 Å². The van der Waals surface area contributed by atoms with Gasteiger partial charge in [0.2, 0.25) is 0 Å². The van der Waals surface area contributed by atoms with Crippen LogP contribution >= 0.6 is 0 Å². The Balaban J connectivity index is 1.72. The second-order valence-corrected chi connectivity index (χ2v) is 17.0. The first-order valence-electron chi connectivity index (χ1n) is 15.7. The Bertz CT molecular complexity index is 999. The number of esters is 1. The average molecular weight is 527 g/mol. The normalized spacial score (nSPS) is 44.0. The van der Waals surface area contributed by atoms with Crippen molar-refractivity contribution in [3.8, 4) is 0 Å². The van der Waals surface area contributed by atoms with Crippen LogP contribution in [0.1, 0.15) is 134 Å². The minimum absolute atomic E-state index is 0.00888. The predicted octanol–water partition coefficient (Wildman–Crippen LogP) is 9.19. The molecule has 0 saturated heterocycles. The van der Waals surface area contributed by atoms with Gasteiger partial charge in [0.05, 0.1) is 0 Å². The first-order valence-corrected chi connectivity index (χ1v) is 15.7. The van der Waals surface area contributed by atoms with Crippen LogP contribution in [-0.4, -0.2) is 17.9 Å². The minimum Gasteiger partial charge on any atom is -0.462 e. The molecule has 0 aromatic heterocycles. The van der Waals surface area contributed by atoms with Gasteiger partial charge in [-0.25, -0.2) is 0 Å². The van der Waals surface area contributed by atoms with Crippen molar-refractivity contribution < 1.29 is 14.3 Å². The number of hydrogen-bond donors (Lipinski definition) is 0. The molecule has 3 fully saturated rings. The molecular formula is C35H58O3. The van der Waals surface area contributed by atoms with Crippen molar-refractivity contribution in [2.24, 2.45) is 56.2 Å². The predicted molar refractivity (Wildman–Crippen MR) is 157 cm³/mol. The molecule has 0 radical (unpaired) electrons. The molecule has 0 bridgehead atoms. The first-order chi connectivity index (χ1) is 17.2. The molecule has 9 atom stereocenters. The van der Waals surface area contributed by atoms with E-state index in [1.54, 1.807) is 6.92 Å². The van der Waals surface area contributed by atoms with Gasteiger partial charge in [-0.05, 0) is 103 Å². The number of carbonyl (C=O) groups excluding carboxylic acids is 2. The maximum atomic E-state index is 14.1. The standard InChI is InChI=1S/C35H58O3/c1-22-20-34(11)25-13-17-33(10)27(31(7,8)29(38-24(3)36)15-16-30(4,5)6)14-18-32(33,9)26(25)19-28(37)35(34,12)21-23(22)2/h19,22-23,25,27,29H,13-18,20-21H2,1-12H3/t22-,23+,25?,27+,29+,32-,33+,34+,35-/m0/s1. The summed E-state index contributed by atoms with van der Waals surface area (Å²) in [5.74, 6) is 2.41. The molecule has 1 unspecified atom stereocenters. The van der Waals surface area contributed by atoms with Gasteiger partial charge in [-0.15, -0.1) is 0 Å². The highest BCUT2D eigenvalue weighted by Gasteiger charge is 2.69. The third-order valence-electron chi connectivity index (χ3n) is 13.4. The molecule has 3 heteroatoms. The van der Waals surface area contributed by atoms with E-state index in [4.69, 9.17) is 4.74 Å². The lowest BCUT2D eigenvalue weighted by Gasteiger charge is -2.65. The molecule has 0 heterocycles. The zero-order chi connectivity index (χ0) is 28.7. The van der Waals surface area contributed by atoms with E-state index in [0.717, 1.165) is 38.5 Å². The molecule has 4 aliphatic rings. The Morgan fingerprint density at radius 1 is 0.947 bits per heavy atom. The van der Waals surface area contributed by atoms with Crippen molar-refractivity contribution in [3.63, 3.8) is 0 Å². The summed E-state index contributed by atoms with van der Waals surface area (Å²) in [6.07, 6.45) is 10.8. The molecule has 0 amide bonds. The smallest absolute Gasteiger partial charge is 0.302 e. The number of allylic oxidation sites excluding steroid dienone is 2. The molecule has 0 N–H and O–H groups in total. The zero-order valence-corrected chi connectivity index (χ0v) is 26.8. The van der Waals surface area contributed by atoms with E-state index >= 15 is 0 Å². The van der Waals surface area contributed by atoms with Crippen LogP contribution in [0.4, 0.5) is 0 Å². The van der Waals surface area contributed by atoms with Crippen LogP contribution in [0.2, 0.25) is 0 Å². The molecule has 4 aliphatic carbocycles. The largest absolute Gasteiger partial charge is 0.462 e. The van der Waals surface area contributed by atoms with Crippen molar-refractivity contribution in [2.75, 3.05) is 0 Å². The van der Waals surface area contributed by atoms with Crippen LogP contribution in [0.25, 0.3) is 0 Å². The van der Waals surface area contributed by atoms with Crippen LogP contribution in [0.15, 0.2) is 11.6 Å². The Hall–Kier alpha value is -1.12. The van der Waals surface area contributed by atoms with Crippen LogP contribution in [0, 0.1) is 56.2 Å². The molecule has 0 aliphatic heterocycles. The molecular weight excluding hydrogens is 468 g/mol. The van der Waals surface area contributed by atoms with E-state index < -0.39 is 0 Å². The van der Waals surface area contributed by atoms with Crippen molar-refractivity contribution in [1.82, 2.24) is 0 Å². The lowest BCUT2D eigenvalue weighted by Crippen LogP contribution is -2.61. The van der Waals surface area contributed by atoms with Gasteiger partial charge >= 0.3 is 5.97 Å². The fraction of sp³-hybridized carbons (Fsp3) is 0.886. The monoisotopic (exact) mass is 526 g/mol. The van der Waals surface area contributed by atoms with Crippen molar-refractivity contribution in [2.45, 2.75) is 141 Å². The number of rotatable bonds is 5. The third-order valence-corrected chi connectivity index (χ3v) is 13.4. The van der Waals surface area contributed by atoms with Gasteiger partial charge in [-0.3, -0.25) is 9.59 Å². The molecule has 216 valence electrons. The molecule has 3 nitrogen and oxygen atoms in total. The summed E-state index contributed by atoms with van der Waals surface area (Å²) in [6.45, 7) is 27.6. The molecule has 0 aromatic rings. The van der Waals surface area contributed by atoms with Crippen molar-refractivity contribution in [3.05, 3.63) is 11.6 Å². The van der Waals surface area contributed by atoms with Gasteiger partial charge in [0.1, 0.15) is 6.10 Å². The summed E-state index contributed by atoms with van der Waals surface area (Å²) >= 11 is 0. The van der Waals surface area contributed by atoms with E-state index in [0.29, 0.717) is 29.5 Å². The topological polar surface area (TPSA) is 43.4 Å². The Morgan fingerprint density at radius 2 is 1.55 bits per heavy atom. The Kier molecular flexibility index (Phi) is 7.23. The van der Waals surface area contributed by atoms with Crippen LogP contribution in [-0.2, 0) is 14.3 Å². The molecule has 38 heavy (non-hydrogen) atoms. The van der Waals surface area contributed by atoms with Gasteiger partial charge in [-0.2, -0.15) is 0 Å². The van der Waals surface area contributed by atoms with E-state index in [-0.39, 0.29) is 44.6 Å². The lowest BCUT2D eigenvalue weighted by molar-refractivity contribution is -0.164. The number of fused-ring (bicyclic) bond motifs is 5. The highest BCUT2D eigenvalue weighted by Crippen LogP contribution is 2.75. The third kappa shape index (κ3) is 4.27. The second kappa shape index (κ2) is 9.20. The Morgan fingerprint density at radius 3 is 2.13 bits per heavy atom. The van der Waals surface area contributed by atoms with Gasteiger partial charge in [-0.1, -0.05) is 81.7 Å². The summed E-state index contributed by atoms with van der Waals surface area (Å²) in [5, 5.41) is 0. The highest BCUT2D eigenvalue weighted by atomic mass is 16.5. The van der Waals surface area contributed by atoms with Gasteiger partial charge in [0.25, 0.3) is 0 Å². The second-order valence-electron chi connectivity index (χ2n) is 17.0.